The van der Waals surface area contributed by atoms with Gasteiger partial charge in [-0.05, 0) is 52.9 Å². The molecule has 36 heavy (non-hydrogen) atoms. The average molecular weight is 523 g/mol. The van der Waals surface area contributed by atoms with Crippen LogP contribution in [-0.4, -0.2) is 72.0 Å². The Morgan fingerprint density at radius 3 is 2.28 bits per heavy atom. The van der Waals surface area contributed by atoms with Crippen molar-refractivity contribution in [1.82, 2.24) is 0 Å². The molecular formula is C20H34N4O12. The van der Waals surface area contributed by atoms with E-state index in [2.05, 4.69) is 14.7 Å². The van der Waals surface area contributed by atoms with Gasteiger partial charge in [-0.15, -0.1) is 20.2 Å². The molecule has 0 bridgehead atoms. The number of carbonyl (C=O) groups excluding carboxylic acids is 3. The van der Waals surface area contributed by atoms with Crippen LogP contribution in [0.2, 0.25) is 0 Å². The Kier molecular flexibility index (Phi) is 15.9. The first-order valence-corrected chi connectivity index (χ1v) is 11.2. The molecule has 16 nitrogen and oxygen atoms in total. The largest absolute Gasteiger partial charge is 0.465 e. The van der Waals surface area contributed by atoms with E-state index in [1.165, 1.54) is 0 Å². The Bertz CT molecular complexity index is 753. The fraction of sp³-hybridized carbons (Fsp3) is 0.800. The predicted octanol–water partition coefficient (Wildman–Crippen LogP) is 1.29. The van der Waals surface area contributed by atoms with Gasteiger partial charge in [0.1, 0.15) is 36.7 Å². The summed E-state index contributed by atoms with van der Waals surface area (Å²) in [6.45, 7) is 5.09. The second-order valence-corrected chi connectivity index (χ2v) is 8.52. The number of aliphatic imine (C=N–C) groups is 1. The Morgan fingerprint density at radius 2 is 1.69 bits per heavy atom. The third-order valence-corrected chi connectivity index (χ3v) is 4.17. The Hall–Kier alpha value is -3.72. The highest BCUT2D eigenvalue weighted by atomic mass is 17.0. The van der Waals surface area contributed by atoms with Gasteiger partial charge in [-0.1, -0.05) is 0 Å². The van der Waals surface area contributed by atoms with Gasteiger partial charge in [0.15, 0.2) is 0 Å². The molecule has 0 aromatic heterocycles. The lowest BCUT2D eigenvalue weighted by Gasteiger charge is -2.21. The molecule has 0 aliphatic heterocycles. The van der Waals surface area contributed by atoms with Crippen molar-refractivity contribution in [3.05, 3.63) is 20.2 Å². The molecule has 2 N–H and O–H groups in total. The van der Waals surface area contributed by atoms with Crippen molar-refractivity contribution in [2.24, 2.45) is 10.7 Å². The zero-order chi connectivity index (χ0) is 27.6. The van der Waals surface area contributed by atoms with Crippen LogP contribution >= 0.6 is 0 Å². The Labute approximate surface area is 207 Å². The van der Waals surface area contributed by atoms with Gasteiger partial charge in [0.2, 0.25) is 0 Å². The summed E-state index contributed by atoms with van der Waals surface area (Å²) in [7, 11) is 0. The summed E-state index contributed by atoms with van der Waals surface area (Å²) in [6, 6.07) is 0. The van der Waals surface area contributed by atoms with Gasteiger partial charge in [-0.2, -0.15) is 0 Å². The van der Waals surface area contributed by atoms with Gasteiger partial charge in [0.05, 0.1) is 13.0 Å². The number of unbranched alkanes of at least 4 members (excludes halogenated alkanes) is 1. The van der Waals surface area contributed by atoms with Gasteiger partial charge in [0, 0.05) is 6.54 Å². The first-order valence-electron chi connectivity index (χ1n) is 11.2. The molecule has 0 aliphatic rings. The predicted molar refractivity (Wildman–Crippen MR) is 121 cm³/mol. The monoisotopic (exact) mass is 522 g/mol. The molecule has 2 unspecified atom stereocenters. The average Bonchev–Trinajstić information content (AvgIpc) is 2.72. The quantitative estimate of drug-likeness (QED) is 0.0348. The van der Waals surface area contributed by atoms with E-state index < -0.39 is 46.5 Å². The molecule has 0 aromatic carbocycles. The SMILES string of the molecule is CC(C)(C)OC(=O)CC(CCCN=C(N)CC(=O)OCCCCC(CO[N+](=O)[O-])O[N+](=O)[O-])OC=O. The van der Waals surface area contributed by atoms with Crippen LogP contribution in [0.3, 0.4) is 0 Å². The summed E-state index contributed by atoms with van der Waals surface area (Å²) in [4.78, 5) is 67.4. The van der Waals surface area contributed by atoms with E-state index in [1.807, 2.05) is 0 Å². The number of hydrogen-bond donors (Lipinski definition) is 1. The van der Waals surface area contributed by atoms with Gasteiger partial charge in [-0.25, -0.2) is 0 Å². The maximum absolute atomic E-state index is 11.9. The highest BCUT2D eigenvalue weighted by molar-refractivity contribution is 5.96. The van der Waals surface area contributed by atoms with E-state index in [1.54, 1.807) is 20.8 Å². The van der Waals surface area contributed by atoms with Crippen molar-refractivity contribution in [3.63, 3.8) is 0 Å². The van der Waals surface area contributed by atoms with Gasteiger partial charge in [-0.3, -0.25) is 19.4 Å². The number of nitrogens with two attached hydrogens (primary N) is 1. The molecule has 0 saturated heterocycles. The summed E-state index contributed by atoms with van der Waals surface area (Å²) in [5.74, 6) is -1.08. The number of carbonyl (C=O) groups is 3. The number of esters is 2. The standard InChI is InChI=1S/C20H34N4O12/c1-20(2,3)35-19(27)11-15(33-14-25)8-6-9-22-17(21)12-18(26)32-10-5-4-7-16(36-24(30)31)13-34-23(28)29/h14-16H,4-13H2,1-3H3,(H2,21,22). The van der Waals surface area contributed by atoms with Crippen LogP contribution < -0.4 is 5.73 Å². The second-order valence-electron chi connectivity index (χ2n) is 8.52. The summed E-state index contributed by atoms with van der Waals surface area (Å²) in [5.41, 5.74) is 5.06. The summed E-state index contributed by atoms with van der Waals surface area (Å²) in [6.07, 6.45) is -0.627. The molecule has 0 radical (unpaired) electrons. The second kappa shape index (κ2) is 17.7. The maximum atomic E-state index is 11.9. The van der Waals surface area contributed by atoms with Crippen molar-refractivity contribution in [3.8, 4) is 0 Å². The van der Waals surface area contributed by atoms with Crippen molar-refractivity contribution in [2.75, 3.05) is 19.8 Å². The van der Waals surface area contributed by atoms with Crippen LogP contribution in [0.1, 0.15) is 65.7 Å². The highest BCUT2D eigenvalue weighted by Crippen LogP contribution is 2.13. The van der Waals surface area contributed by atoms with Crippen molar-refractivity contribution < 1.29 is 48.4 Å². The van der Waals surface area contributed by atoms with Crippen LogP contribution in [-0.2, 0) is 38.3 Å². The normalized spacial score (nSPS) is 13.1. The minimum absolute atomic E-state index is 0.00275. The van der Waals surface area contributed by atoms with Crippen LogP contribution in [0.25, 0.3) is 0 Å². The first kappa shape index (κ1) is 32.3. The summed E-state index contributed by atoms with van der Waals surface area (Å²) in [5, 5.41) is 18.5. The maximum Gasteiger partial charge on any atom is 0.313 e. The van der Waals surface area contributed by atoms with Crippen LogP contribution in [0.5, 0.6) is 0 Å². The van der Waals surface area contributed by atoms with Crippen molar-refractivity contribution >= 4 is 24.2 Å². The van der Waals surface area contributed by atoms with E-state index in [-0.39, 0.29) is 44.7 Å². The first-order chi connectivity index (χ1) is 16.8. The van der Waals surface area contributed by atoms with E-state index >= 15 is 0 Å². The molecule has 0 aromatic rings. The van der Waals surface area contributed by atoms with Crippen molar-refractivity contribution in [1.29, 1.82) is 0 Å². The highest BCUT2D eigenvalue weighted by Gasteiger charge is 2.21. The lowest BCUT2D eigenvalue weighted by atomic mass is 10.1. The van der Waals surface area contributed by atoms with Gasteiger partial charge in [0.25, 0.3) is 16.6 Å². The topological polar surface area (TPSA) is 222 Å². The number of rotatable bonds is 20. The number of ether oxygens (including phenoxy) is 3. The smallest absolute Gasteiger partial charge is 0.313 e. The molecular weight excluding hydrogens is 488 g/mol. The lowest BCUT2D eigenvalue weighted by Crippen LogP contribution is -2.27. The minimum atomic E-state index is -1.12. The van der Waals surface area contributed by atoms with E-state index in [0.717, 1.165) is 0 Å². The summed E-state index contributed by atoms with van der Waals surface area (Å²) < 4.78 is 15.1. The van der Waals surface area contributed by atoms with Crippen LogP contribution in [0.4, 0.5) is 0 Å². The van der Waals surface area contributed by atoms with Crippen molar-refractivity contribution in [2.45, 2.75) is 83.5 Å². The van der Waals surface area contributed by atoms with E-state index in [0.29, 0.717) is 25.7 Å². The molecule has 16 heteroatoms. The van der Waals surface area contributed by atoms with Gasteiger partial charge < -0.3 is 29.6 Å². The zero-order valence-corrected chi connectivity index (χ0v) is 20.6. The molecule has 0 saturated carbocycles. The van der Waals surface area contributed by atoms with Crippen LogP contribution in [0, 0.1) is 20.2 Å². The molecule has 0 heterocycles. The summed E-state index contributed by atoms with van der Waals surface area (Å²) >= 11 is 0. The number of nitrogens with zero attached hydrogens (tertiary/aromatic N) is 3. The Balaban J connectivity index is 4.22. The fourth-order valence-corrected chi connectivity index (χ4v) is 2.75. The number of hydrogen-bond acceptors (Lipinski definition) is 13. The van der Waals surface area contributed by atoms with E-state index in [4.69, 9.17) is 19.9 Å². The van der Waals surface area contributed by atoms with Gasteiger partial charge >= 0.3 is 11.9 Å². The molecule has 0 rings (SSSR count). The van der Waals surface area contributed by atoms with Crippen LogP contribution in [0.15, 0.2) is 4.99 Å². The van der Waals surface area contributed by atoms with E-state index in [9.17, 15) is 34.6 Å². The minimum Gasteiger partial charge on any atom is -0.465 e. The molecule has 0 spiro atoms. The molecule has 0 fully saturated rings. The fourth-order valence-electron chi connectivity index (χ4n) is 2.75. The molecule has 2 atom stereocenters. The number of amidine groups is 1. The third kappa shape index (κ3) is 19.7. The zero-order valence-electron chi connectivity index (χ0n) is 20.6. The molecule has 0 aliphatic carbocycles. The Morgan fingerprint density at radius 1 is 1.03 bits per heavy atom. The lowest BCUT2D eigenvalue weighted by molar-refractivity contribution is -0.790. The molecule has 0 amide bonds. The molecule has 206 valence electrons. The third-order valence-electron chi connectivity index (χ3n) is 4.17.